The molecular weight excluding hydrogens is 390 g/mol. The van der Waals surface area contributed by atoms with E-state index >= 15 is 0 Å². The summed E-state index contributed by atoms with van der Waals surface area (Å²) in [5.41, 5.74) is 0.695. The van der Waals surface area contributed by atoms with Crippen molar-refractivity contribution in [2.75, 3.05) is 6.26 Å². The van der Waals surface area contributed by atoms with E-state index in [4.69, 9.17) is 0 Å². The lowest BCUT2D eigenvalue weighted by atomic mass is 9.94. The van der Waals surface area contributed by atoms with Gasteiger partial charge in [-0.05, 0) is 59.6 Å². The van der Waals surface area contributed by atoms with Gasteiger partial charge in [0.05, 0.1) is 5.56 Å². The Kier molecular flexibility index (Phi) is 5.78. The predicted octanol–water partition coefficient (Wildman–Crippen LogP) is 4.62. The SMILES string of the molecule is CSC1CCCC(NC(=O)c2cc(Br)ccc2Br)C1. The standard InChI is InChI=1S/C14H17Br2NOS/c1-19-11-4-2-3-10(8-11)17-14(18)12-7-9(15)5-6-13(12)16/h5-7,10-11H,2-4,8H2,1H3,(H,17,18). The molecule has 1 saturated carbocycles. The molecule has 0 radical (unpaired) electrons. The van der Waals surface area contributed by atoms with Crippen molar-refractivity contribution in [3.63, 3.8) is 0 Å². The minimum Gasteiger partial charge on any atom is -0.349 e. The monoisotopic (exact) mass is 405 g/mol. The van der Waals surface area contributed by atoms with Crippen molar-refractivity contribution < 1.29 is 4.79 Å². The van der Waals surface area contributed by atoms with Gasteiger partial charge in [0.15, 0.2) is 0 Å². The zero-order chi connectivity index (χ0) is 13.8. The summed E-state index contributed by atoms with van der Waals surface area (Å²) in [6.07, 6.45) is 6.80. The number of carbonyl (C=O) groups is 1. The number of carbonyl (C=O) groups excluding carboxylic acids is 1. The Labute approximate surface area is 135 Å². The molecule has 1 aliphatic carbocycles. The van der Waals surface area contributed by atoms with Crippen LogP contribution in [0.2, 0.25) is 0 Å². The summed E-state index contributed by atoms with van der Waals surface area (Å²) >= 11 is 8.75. The Hall–Kier alpha value is -0.000000000000000111. The van der Waals surface area contributed by atoms with Crippen molar-refractivity contribution in [2.45, 2.75) is 37.0 Å². The number of thioether (sulfide) groups is 1. The molecule has 1 fully saturated rings. The van der Waals surface area contributed by atoms with Crippen LogP contribution in [0, 0.1) is 0 Å². The Bertz CT molecular complexity index is 467. The lowest BCUT2D eigenvalue weighted by Crippen LogP contribution is -2.39. The van der Waals surface area contributed by atoms with E-state index in [2.05, 4.69) is 43.4 Å². The van der Waals surface area contributed by atoms with E-state index in [1.54, 1.807) is 0 Å². The average Bonchev–Trinajstić information content (AvgIpc) is 2.41. The smallest absolute Gasteiger partial charge is 0.252 e. The first-order valence-electron chi connectivity index (χ1n) is 6.39. The largest absolute Gasteiger partial charge is 0.349 e. The molecule has 1 aliphatic rings. The second-order valence-electron chi connectivity index (χ2n) is 4.82. The van der Waals surface area contributed by atoms with Crippen LogP contribution in [0.15, 0.2) is 27.1 Å². The summed E-state index contributed by atoms with van der Waals surface area (Å²) in [6, 6.07) is 5.98. The Morgan fingerprint density at radius 1 is 1.37 bits per heavy atom. The Balaban J connectivity index is 2.02. The minimum atomic E-state index is 0.0138. The lowest BCUT2D eigenvalue weighted by Gasteiger charge is -2.28. The first-order valence-corrected chi connectivity index (χ1v) is 9.26. The molecule has 1 N–H and O–H groups in total. The quantitative estimate of drug-likeness (QED) is 0.793. The third kappa shape index (κ3) is 4.23. The topological polar surface area (TPSA) is 29.1 Å². The molecule has 1 amide bonds. The lowest BCUT2D eigenvalue weighted by molar-refractivity contribution is 0.0927. The second kappa shape index (κ2) is 7.14. The van der Waals surface area contributed by atoms with Gasteiger partial charge in [0, 0.05) is 20.2 Å². The van der Waals surface area contributed by atoms with Crippen LogP contribution in [-0.2, 0) is 0 Å². The van der Waals surface area contributed by atoms with Crippen molar-refractivity contribution in [3.8, 4) is 0 Å². The van der Waals surface area contributed by atoms with Crippen molar-refractivity contribution in [2.24, 2.45) is 0 Å². The molecule has 0 aliphatic heterocycles. The number of amides is 1. The van der Waals surface area contributed by atoms with Gasteiger partial charge in [0.2, 0.25) is 0 Å². The van der Waals surface area contributed by atoms with Crippen molar-refractivity contribution in [3.05, 3.63) is 32.7 Å². The normalized spacial score (nSPS) is 23.1. The summed E-state index contributed by atoms with van der Waals surface area (Å²) in [4.78, 5) is 12.3. The Morgan fingerprint density at radius 2 is 2.16 bits per heavy atom. The Morgan fingerprint density at radius 3 is 2.89 bits per heavy atom. The minimum absolute atomic E-state index is 0.0138. The molecule has 19 heavy (non-hydrogen) atoms. The molecule has 104 valence electrons. The fraction of sp³-hybridized carbons (Fsp3) is 0.500. The zero-order valence-corrected chi connectivity index (χ0v) is 14.8. The van der Waals surface area contributed by atoms with E-state index in [-0.39, 0.29) is 5.91 Å². The summed E-state index contributed by atoms with van der Waals surface area (Å²) in [5, 5.41) is 3.85. The fourth-order valence-electron chi connectivity index (χ4n) is 2.42. The molecule has 0 bridgehead atoms. The molecule has 2 rings (SSSR count). The number of hydrogen-bond acceptors (Lipinski definition) is 2. The molecule has 2 nitrogen and oxygen atoms in total. The van der Waals surface area contributed by atoms with E-state index in [0.29, 0.717) is 16.9 Å². The summed E-state index contributed by atoms with van der Waals surface area (Å²) in [7, 11) is 0. The van der Waals surface area contributed by atoms with Crippen LogP contribution >= 0.6 is 43.6 Å². The number of hydrogen-bond donors (Lipinski definition) is 1. The van der Waals surface area contributed by atoms with E-state index in [0.717, 1.165) is 21.8 Å². The molecule has 0 saturated heterocycles. The maximum atomic E-state index is 12.3. The maximum absolute atomic E-state index is 12.3. The van der Waals surface area contributed by atoms with Crippen molar-refractivity contribution in [1.29, 1.82) is 0 Å². The fourth-order valence-corrected chi connectivity index (χ4v) is 4.04. The average molecular weight is 407 g/mol. The van der Waals surface area contributed by atoms with Crippen molar-refractivity contribution >= 4 is 49.5 Å². The van der Waals surface area contributed by atoms with Gasteiger partial charge >= 0.3 is 0 Å². The highest BCUT2D eigenvalue weighted by molar-refractivity contribution is 9.11. The van der Waals surface area contributed by atoms with E-state index in [1.165, 1.54) is 12.8 Å². The summed E-state index contributed by atoms with van der Waals surface area (Å²) in [6.45, 7) is 0. The highest BCUT2D eigenvalue weighted by Crippen LogP contribution is 2.28. The molecular formula is C14H17Br2NOS. The molecule has 2 unspecified atom stereocenters. The van der Waals surface area contributed by atoms with Gasteiger partial charge < -0.3 is 5.32 Å². The van der Waals surface area contributed by atoms with Gasteiger partial charge in [-0.25, -0.2) is 0 Å². The van der Waals surface area contributed by atoms with Gasteiger partial charge in [0.1, 0.15) is 0 Å². The van der Waals surface area contributed by atoms with Crippen LogP contribution in [0.25, 0.3) is 0 Å². The number of nitrogens with one attached hydrogen (secondary N) is 1. The molecule has 0 spiro atoms. The van der Waals surface area contributed by atoms with E-state index in [1.807, 2.05) is 30.0 Å². The number of benzene rings is 1. The maximum Gasteiger partial charge on any atom is 0.252 e. The number of rotatable bonds is 3. The molecule has 1 aromatic carbocycles. The zero-order valence-electron chi connectivity index (χ0n) is 10.8. The van der Waals surface area contributed by atoms with Crippen LogP contribution in [0.5, 0.6) is 0 Å². The van der Waals surface area contributed by atoms with Crippen LogP contribution in [-0.4, -0.2) is 23.5 Å². The molecule has 2 atom stereocenters. The molecule has 1 aromatic rings. The van der Waals surface area contributed by atoms with Crippen LogP contribution in [0.4, 0.5) is 0 Å². The highest BCUT2D eigenvalue weighted by Gasteiger charge is 2.23. The van der Waals surface area contributed by atoms with Gasteiger partial charge in [-0.15, -0.1) is 0 Å². The van der Waals surface area contributed by atoms with Gasteiger partial charge in [-0.3, -0.25) is 4.79 Å². The van der Waals surface area contributed by atoms with Crippen LogP contribution < -0.4 is 5.32 Å². The highest BCUT2D eigenvalue weighted by atomic mass is 79.9. The van der Waals surface area contributed by atoms with Gasteiger partial charge in [0.25, 0.3) is 5.91 Å². The van der Waals surface area contributed by atoms with Gasteiger partial charge in [-0.2, -0.15) is 11.8 Å². The predicted molar refractivity (Wildman–Crippen MR) is 88.9 cm³/mol. The van der Waals surface area contributed by atoms with Crippen LogP contribution in [0.3, 0.4) is 0 Å². The third-order valence-corrected chi connectivity index (χ3v) is 5.75. The van der Waals surface area contributed by atoms with E-state index < -0.39 is 0 Å². The molecule has 0 aromatic heterocycles. The van der Waals surface area contributed by atoms with Gasteiger partial charge in [-0.1, -0.05) is 22.4 Å². The third-order valence-electron chi connectivity index (χ3n) is 3.47. The summed E-state index contributed by atoms with van der Waals surface area (Å²) in [5.74, 6) is 0.0138. The van der Waals surface area contributed by atoms with E-state index in [9.17, 15) is 4.79 Å². The summed E-state index contributed by atoms with van der Waals surface area (Å²) < 4.78 is 1.76. The van der Waals surface area contributed by atoms with Crippen LogP contribution in [0.1, 0.15) is 36.0 Å². The van der Waals surface area contributed by atoms with Crippen molar-refractivity contribution in [1.82, 2.24) is 5.32 Å². The second-order valence-corrected chi connectivity index (χ2v) is 7.73. The first kappa shape index (κ1) is 15.4. The number of halogens is 2. The molecule has 5 heteroatoms. The first-order chi connectivity index (χ1) is 9.10. The molecule has 0 heterocycles.